The highest BCUT2D eigenvalue weighted by Crippen LogP contribution is 2.25. The Bertz CT molecular complexity index is 1040. The molecular formula is C20H29N5O4S3. The molecule has 1 atom stereocenters. The number of nitrogens with one attached hydrogen (secondary N) is 2. The molecule has 2 rings (SSSR count). The van der Waals surface area contributed by atoms with E-state index in [0.29, 0.717) is 18.2 Å². The van der Waals surface area contributed by atoms with E-state index >= 15 is 0 Å². The second kappa shape index (κ2) is 11.7. The summed E-state index contributed by atoms with van der Waals surface area (Å²) in [4.78, 5) is 25.7. The minimum absolute atomic E-state index is 0.0363. The van der Waals surface area contributed by atoms with Gasteiger partial charge in [0, 0.05) is 18.7 Å². The van der Waals surface area contributed by atoms with Gasteiger partial charge in [0.25, 0.3) is 5.91 Å². The van der Waals surface area contributed by atoms with Crippen molar-refractivity contribution >= 4 is 50.1 Å². The molecule has 1 aromatic heterocycles. The monoisotopic (exact) mass is 499 g/mol. The Kier molecular flexibility index (Phi) is 9.62. The van der Waals surface area contributed by atoms with Crippen molar-refractivity contribution in [1.82, 2.24) is 19.8 Å². The van der Waals surface area contributed by atoms with Crippen LogP contribution in [0.4, 0.5) is 5.13 Å². The van der Waals surface area contributed by atoms with E-state index in [1.165, 1.54) is 51.7 Å². The molecule has 9 nitrogen and oxygen atoms in total. The number of sulfonamides is 1. The number of carbonyl (C=O) groups is 2. The first-order chi connectivity index (χ1) is 15.1. The normalized spacial score (nSPS) is 12.7. The standard InChI is InChI=1S/C20H29N5O4S3/c1-6-25(7-2)32(28,29)15-11-9-10-14(12-15)17(26)21-16(13(4)5)18(27)22-19-23-24-20(31-19)30-8-3/h9-13,16H,6-8H2,1-5H3,(H,21,26)(H,22,23,27). The summed E-state index contributed by atoms with van der Waals surface area (Å²) < 4.78 is 27.6. The molecule has 1 aromatic carbocycles. The zero-order chi connectivity index (χ0) is 23.9. The molecule has 1 unspecified atom stereocenters. The van der Waals surface area contributed by atoms with Gasteiger partial charge in [-0.15, -0.1) is 10.2 Å². The van der Waals surface area contributed by atoms with Crippen molar-refractivity contribution in [2.75, 3.05) is 24.2 Å². The van der Waals surface area contributed by atoms with Gasteiger partial charge in [0.05, 0.1) is 4.90 Å². The predicted molar refractivity (Wildman–Crippen MR) is 128 cm³/mol. The Morgan fingerprint density at radius 3 is 2.44 bits per heavy atom. The summed E-state index contributed by atoms with van der Waals surface area (Å²) in [5.41, 5.74) is 0.161. The van der Waals surface area contributed by atoms with Gasteiger partial charge in [-0.25, -0.2) is 8.42 Å². The number of nitrogens with zero attached hydrogens (tertiary/aromatic N) is 3. The Hall–Kier alpha value is -2.02. The van der Waals surface area contributed by atoms with Crippen LogP contribution in [-0.4, -0.2) is 59.6 Å². The molecule has 2 amide bonds. The molecule has 2 N–H and O–H groups in total. The van der Waals surface area contributed by atoms with Gasteiger partial charge >= 0.3 is 0 Å². The van der Waals surface area contributed by atoms with Crippen LogP contribution in [0.2, 0.25) is 0 Å². The molecule has 0 bridgehead atoms. The fourth-order valence-corrected chi connectivity index (χ4v) is 6.05. The van der Waals surface area contributed by atoms with Crippen molar-refractivity contribution in [3.8, 4) is 0 Å². The number of aromatic nitrogens is 2. The van der Waals surface area contributed by atoms with Crippen LogP contribution in [0.1, 0.15) is 45.0 Å². The lowest BCUT2D eigenvalue weighted by Gasteiger charge is -2.21. The average molecular weight is 500 g/mol. The van der Waals surface area contributed by atoms with Crippen molar-refractivity contribution in [2.24, 2.45) is 5.92 Å². The van der Waals surface area contributed by atoms with Crippen LogP contribution in [0, 0.1) is 5.92 Å². The zero-order valence-corrected chi connectivity index (χ0v) is 21.2. The van der Waals surface area contributed by atoms with E-state index in [9.17, 15) is 18.0 Å². The molecule has 0 aliphatic carbocycles. The minimum Gasteiger partial charge on any atom is -0.340 e. The molecule has 0 aliphatic heterocycles. The van der Waals surface area contributed by atoms with Gasteiger partial charge in [-0.05, 0) is 29.9 Å². The third-order valence-corrected chi connectivity index (χ3v) is 8.48. The molecule has 0 radical (unpaired) electrons. The first kappa shape index (κ1) is 26.2. The van der Waals surface area contributed by atoms with E-state index < -0.39 is 27.9 Å². The highest BCUT2D eigenvalue weighted by molar-refractivity contribution is 8.01. The third kappa shape index (κ3) is 6.50. The minimum atomic E-state index is -3.70. The van der Waals surface area contributed by atoms with Gasteiger partial charge in [0.15, 0.2) is 4.34 Å². The van der Waals surface area contributed by atoms with Gasteiger partial charge in [0.2, 0.25) is 21.1 Å². The lowest BCUT2D eigenvalue weighted by molar-refractivity contribution is -0.118. The molecule has 2 aromatic rings. The lowest BCUT2D eigenvalue weighted by atomic mass is 10.0. The fourth-order valence-electron chi connectivity index (χ4n) is 2.90. The maximum atomic E-state index is 12.9. The fraction of sp³-hybridized carbons (Fsp3) is 0.500. The van der Waals surface area contributed by atoms with Crippen LogP contribution in [0.15, 0.2) is 33.5 Å². The van der Waals surface area contributed by atoms with Crippen LogP contribution in [0.3, 0.4) is 0 Å². The third-order valence-electron chi connectivity index (χ3n) is 4.58. The molecule has 32 heavy (non-hydrogen) atoms. The highest BCUT2D eigenvalue weighted by atomic mass is 32.2. The molecular weight excluding hydrogens is 470 g/mol. The largest absolute Gasteiger partial charge is 0.340 e. The van der Waals surface area contributed by atoms with Crippen molar-refractivity contribution in [1.29, 1.82) is 0 Å². The first-order valence-electron chi connectivity index (χ1n) is 10.3. The van der Waals surface area contributed by atoms with Gasteiger partial charge < -0.3 is 5.32 Å². The second-order valence-corrected chi connectivity index (χ2v) is 11.5. The first-order valence-corrected chi connectivity index (χ1v) is 13.6. The summed E-state index contributed by atoms with van der Waals surface area (Å²) in [7, 11) is -3.70. The number of thioether (sulfide) groups is 1. The number of hydrogen-bond acceptors (Lipinski definition) is 8. The van der Waals surface area contributed by atoms with Gasteiger partial charge in [-0.3, -0.25) is 14.9 Å². The summed E-state index contributed by atoms with van der Waals surface area (Å²) in [6.07, 6.45) is 0. The summed E-state index contributed by atoms with van der Waals surface area (Å²) in [6.45, 7) is 9.78. The Labute approximate surface area is 197 Å². The zero-order valence-electron chi connectivity index (χ0n) is 18.8. The van der Waals surface area contributed by atoms with Crippen molar-refractivity contribution in [2.45, 2.75) is 49.9 Å². The van der Waals surface area contributed by atoms with Crippen LogP contribution >= 0.6 is 23.1 Å². The molecule has 0 saturated heterocycles. The Morgan fingerprint density at radius 1 is 1.16 bits per heavy atom. The number of carbonyl (C=O) groups excluding carboxylic acids is 2. The maximum Gasteiger partial charge on any atom is 0.251 e. The van der Waals surface area contributed by atoms with Crippen LogP contribution in [0.5, 0.6) is 0 Å². The SMILES string of the molecule is CCSc1nnc(NC(=O)C(NC(=O)c2cccc(S(=O)(=O)N(CC)CC)c2)C(C)C)s1. The smallest absolute Gasteiger partial charge is 0.251 e. The number of amides is 2. The van der Waals surface area contributed by atoms with Crippen LogP contribution < -0.4 is 10.6 Å². The molecule has 12 heteroatoms. The van der Waals surface area contributed by atoms with Crippen molar-refractivity contribution in [3.05, 3.63) is 29.8 Å². The molecule has 1 heterocycles. The van der Waals surface area contributed by atoms with E-state index in [1.54, 1.807) is 13.8 Å². The van der Waals surface area contributed by atoms with E-state index in [2.05, 4.69) is 20.8 Å². The van der Waals surface area contributed by atoms with Gasteiger partial charge in [0.1, 0.15) is 6.04 Å². The number of rotatable bonds is 11. The second-order valence-electron chi connectivity index (χ2n) is 7.11. The summed E-state index contributed by atoms with van der Waals surface area (Å²) in [5.74, 6) is -0.311. The van der Waals surface area contributed by atoms with Gasteiger partial charge in [-0.1, -0.05) is 63.8 Å². The summed E-state index contributed by atoms with van der Waals surface area (Å²) >= 11 is 2.79. The van der Waals surface area contributed by atoms with Gasteiger partial charge in [-0.2, -0.15) is 4.31 Å². The molecule has 0 spiro atoms. The van der Waals surface area contributed by atoms with Crippen LogP contribution in [0.25, 0.3) is 0 Å². The molecule has 176 valence electrons. The van der Waals surface area contributed by atoms with Crippen molar-refractivity contribution in [3.63, 3.8) is 0 Å². The number of benzene rings is 1. The Balaban J connectivity index is 2.18. The quantitative estimate of drug-likeness (QED) is 0.360. The molecule has 0 fully saturated rings. The lowest BCUT2D eigenvalue weighted by Crippen LogP contribution is -2.47. The van der Waals surface area contributed by atoms with Crippen molar-refractivity contribution < 1.29 is 18.0 Å². The predicted octanol–water partition coefficient (Wildman–Crippen LogP) is 3.07. The van der Waals surface area contributed by atoms with E-state index in [1.807, 2.05) is 20.8 Å². The Morgan fingerprint density at radius 2 is 1.84 bits per heavy atom. The van der Waals surface area contributed by atoms with E-state index in [0.717, 1.165) is 10.1 Å². The van der Waals surface area contributed by atoms with E-state index in [-0.39, 0.29) is 16.4 Å². The summed E-state index contributed by atoms with van der Waals surface area (Å²) in [6, 6.07) is 4.99. The number of anilines is 1. The molecule has 0 saturated carbocycles. The highest BCUT2D eigenvalue weighted by Gasteiger charge is 2.27. The molecule has 0 aliphatic rings. The average Bonchev–Trinajstić information content (AvgIpc) is 3.19. The topological polar surface area (TPSA) is 121 Å². The maximum absolute atomic E-state index is 12.9. The van der Waals surface area contributed by atoms with E-state index in [4.69, 9.17) is 0 Å². The number of hydrogen-bond donors (Lipinski definition) is 2. The summed E-state index contributed by atoms with van der Waals surface area (Å²) in [5, 5.41) is 13.7. The van der Waals surface area contributed by atoms with Crippen LogP contribution in [-0.2, 0) is 14.8 Å².